The Kier molecular flexibility index (Phi) is 6.29. The number of aliphatic imine (C=N–C) groups is 1. The van der Waals surface area contributed by atoms with Crippen LogP contribution >= 0.6 is 0 Å². The van der Waals surface area contributed by atoms with E-state index >= 15 is 0 Å². The highest BCUT2D eigenvalue weighted by atomic mass is 15.2. The molecule has 2 aromatic carbocycles. The number of nitrogens with two attached hydrogens (primary N) is 1. The Labute approximate surface area is 157 Å². The lowest BCUT2D eigenvalue weighted by Crippen LogP contribution is -2.36. The predicted molar refractivity (Wildman–Crippen MR) is 110 cm³/mol. The number of hydrogen-bond donors (Lipinski definition) is 2. The maximum atomic E-state index is 5.99. The van der Waals surface area contributed by atoms with E-state index in [0.717, 1.165) is 12.2 Å². The molecule has 26 heavy (non-hydrogen) atoms. The fraction of sp³-hybridized carbons (Fsp3) is 0.409. The Morgan fingerprint density at radius 1 is 1.08 bits per heavy atom. The van der Waals surface area contributed by atoms with Crippen LogP contribution < -0.4 is 11.1 Å². The second-order valence-electron chi connectivity index (χ2n) is 7.32. The van der Waals surface area contributed by atoms with Crippen LogP contribution in [0.25, 0.3) is 0 Å². The Morgan fingerprint density at radius 2 is 1.77 bits per heavy atom. The summed E-state index contributed by atoms with van der Waals surface area (Å²) in [6.45, 7) is 7.25. The lowest BCUT2D eigenvalue weighted by atomic mass is 10.0. The van der Waals surface area contributed by atoms with Gasteiger partial charge in [0.25, 0.3) is 0 Å². The number of nitrogens with zero attached hydrogens (tertiary/aromatic N) is 2. The third kappa shape index (κ3) is 5.33. The molecule has 138 valence electrons. The molecule has 1 saturated heterocycles. The van der Waals surface area contributed by atoms with Crippen LogP contribution in [-0.4, -0.2) is 23.4 Å². The van der Waals surface area contributed by atoms with Gasteiger partial charge in [-0.3, -0.25) is 4.90 Å². The molecule has 0 aliphatic carbocycles. The van der Waals surface area contributed by atoms with Crippen LogP contribution in [0, 0.1) is 6.92 Å². The van der Waals surface area contributed by atoms with Crippen molar-refractivity contribution in [1.82, 2.24) is 4.90 Å². The molecular weight excluding hydrogens is 320 g/mol. The normalized spacial score (nSPS) is 18.7. The lowest BCUT2D eigenvalue weighted by Gasteiger charge is -2.33. The van der Waals surface area contributed by atoms with E-state index in [1.54, 1.807) is 0 Å². The summed E-state index contributed by atoms with van der Waals surface area (Å²) >= 11 is 0. The Hall–Kier alpha value is -2.33. The first-order chi connectivity index (χ1) is 12.6. The van der Waals surface area contributed by atoms with Crippen molar-refractivity contribution in [2.24, 2.45) is 10.7 Å². The summed E-state index contributed by atoms with van der Waals surface area (Å²) in [6, 6.07) is 17.6. The van der Waals surface area contributed by atoms with Gasteiger partial charge in [0.15, 0.2) is 5.96 Å². The first kappa shape index (κ1) is 18.5. The van der Waals surface area contributed by atoms with Gasteiger partial charge in [-0.05, 0) is 56.5 Å². The average Bonchev–Trinajstić information content (AvgIpc) is 2.65. The van der Waals surface area contributed by atoms with Gasteiger partial charge in [-0.1, -0.05) is 48.4 Å². The maximum Gasteiger partial charge on any atom is 0.193 e. The summed E-state index contributed by atoms with van der Waals surface area (Å²) in [4.78, 5) is 7.03. The highest BCUT2D eigenvalue weighted by Crippen LogP contribution is 2.19. The largest absolute Gasteiger partial charge is 0.370 e. The molecule has 1 unspecified atom stereocenters. The zero-order chi connectivity index (χ0) is 18.4. The minimum absolute atomic E-state index is 0.445. The SMILES string of the molecule is Cc1ccc(NC(N)=NCc2ccc(CN3CCCCC3C)cc2)cc1. The van der Waals surface area contributed by atoms with E-state index in [9.17, 15) is 0 Å². The lowest BCUT2D eigenvalue weighted by molar-refractivity contribution is 0.152. The van der Waals surface area contributed by atoms with Crippen molar-refractivity contribution >= 4 is 11.6 Å². The van der Waals surface area contributed by atoms with Crippen molar-refractivity contribution in [2.45, 2.75) is 52.2 Å². The fourth-order valence-electron chi connectivity index (χ4n) is 3.38. The van der Waals surface area contributed by atoms with Gasteiger partial charge in [0.2, 0.25) is 0 Å². The number of aryl methyl sites for hydroxylation is 1. The van der Waals surface area contributed by atoms with E-state index in [1.165, 1.54) is 42.5 Å². The summed E-state index contributed by atoms with van der Waals surface area (Å²) in [5.41, 5.74) is 10.7. The van der Waals surface area contributed by atoms with Gasteiger partial charge in [-0.25, -0.2) is 4.99 Å². The molecule has 0 spiro atoms. The zero-order valence-corrected chi connectivity index (χ0v) is 15.9. The van der Waals surface area contributed by atoms with E-state index in [0.29, 0.717) is 18.5 Å². The van der Waals surface area contributed by atoms with E-state index in [-0.39, 0.29) is 0 Å². The molecule has 3 N–H and O–H groups in total. The molecule has 1 fully saturated rings. The van der Waals surface area contributed by atoms with Gasteiger partial charge in [-0.15, -0.1) is 0 Å². The number of nitrogens with one attached hydrogen (secondary N) is 1. The van der Waals surface area contributed by atoms with Gasteiger partial charge in [0, 0.05) is 18.3 Å². The number of rotatable bonds is 5. The molecule has 0 radical (unpaired) electrons. The number of piperidine rings is 1. The molecule has 1 atom stereocenters. The van der Waals surface area contributed by atoms with Crippen molar-refractivity contribution < 1.29 is 0 Å². The van der Waals surface area contributed by atoms with Crippen LogP contribution in [0.2, 0.25) is 0 Å². The molecule has 4 nitrogen and oxygen atoms in total. The highest BCUT2D eigenvalue weighted by molar-refractivity contribution is 5.92. The highest BCUT2D eigenvalue weighted by Gasteiger charge is 2.17. The average molecular weight is 351 g/mol. The van der Waals surface area contributed by atoms with E-state index in [4.69, 9.17) is 5.73 Å². The van der Waals surface area contributed by atoms with Crippen molar-refractivity contribution in [1.29, 1.82) is 0 Å². The van der Waals surface area contributed by atoms with E-state index in [1.807, 2.05) is 12.1 Å². The maximum absolute atomic E-state index is 5.99. The second-order valence-corrected chi connectivity index (χ2v) is 7.32. The minimum atomic E-state index is 0.445. The number of hydrogen-bond acceptors (Lipinski definition) is 2. The summed E-state index contributed by atoms with van der Waals surface area (Å²) in [6.07, 6.45) is 4.01. The van der Waals surface area contributed by atoms with Crippen LogP contribution in [0.3, 0.4) is 0 Å². The third-order valence-electron chi connectivity index (χ3n) is 5.11. The Morgan fingerprint density at radius 3 is 2.46 bits per heavy atom. The third-order valence-corrected chi connectivity index (χ3v) is 5.11. The van der Waals surface area contributed by atoms with Gasteiger partial charge < -0.3 is 11.1 Å². The van der Waals surface area contributed by atoms with Crippen LogP contribution in [0.15, 0.2) is 53.5 Å². The van der Waals surface area contributed by atoms with Crippen molar-refractivity contribution in [3.8, 4) is 0 Å². The number of guanidine groups is 1. The molecule has 1 aliphatic heterocycles. The van der Waals surface area contributed by atoms with Crippen molar-refractivity contribution in [3.63, 3.8) is 0 Å². The molecule has 0 saturated carbocycles. The van der Waals surface area contributed by atoms with Gasteiger partial charge in [0.1, 0.15) is 0 Å². The second kappa shape index (κ2) is 8.86. The topological polar surface area (TPSA) is 53.6 Å². The predicted octanol–water partition coefficient (Wildman–Crippen LogP) is 4.30. The standard InChI is InChI=1S/C22H30N4/c1-17-6-12-21(13-7-17)25-22(23)24-15-19-8-10-20(11-9-19)16-26-14-4-3-5-18(26)2/h6-13,18H,3-5,14-16H2,1-2H3,(H3,23,24,25). The fourth-order valence-corrected chi connectivity index (χ4v) is 3.38. The van der Waals surface area contributed by atoms with E-state index < -0.39 is 0 Å². The number of anilines is 1. The Bertz CT molecular complexity index is 719. The first-order valence-corrected chi connectivity index (χ1v) is 9.55. The molecule has 0 bridgehead atoms. The molecular formula is C22H30N4. The number of likely N-dealkylation sites (tertiary alicyclic amines) is 1. The van der Waals surface area contributed by atoms with Crippen molar-refractivity contribution in [2.75, 3.05) is 11.9 Å². The molecule has 1 aliphatic rings. The Balaban J connectivity index is 1.52. The summed E-state index contributed by atoms with van der Waals surface area (Å²) in [5.74, 6) is 0.445. The molecule has 0 amide bonds. The molecule has 0 aromatic heterocycles. The van der Waals surface area contributed by atoms with Crippen LogP contribution in [0.5, 0.6) is 0 Å². The van der Waals surface area contributed by atoms with Crippen molar-refractivity contribution in [3.05, 3.63) is 65.2 Å². The van der Waals surface area contributed by atoms with Gasteiger partial charge in [0.05, 0.1) is 6.54 Å². The van der Waals surface area contributed by atoms with E-state index in [2.05, 4.69) is 65.5 Å². The molecule has 4 heteroatoms. The quantitative estimate of drug-likeness (QED) is 0.624. The number of benzene rings is 2. The molecule has 1 heterocycles. The summed E-state index contributed by atoms with van der Waals surface area (Å²) in [5, 5.41) is 3.13. The molecule has 3 rings (SSSR count). The molecule has 2 aromatic rings. The van der Waals surface area contributed by atoms with Crippen LogP contribution in [-0.2, 0) is 13.1 Å². The zero-order valence-electron chi connectivity index (χ0n) is 15.9. The van der Waals surface area contributed by atoms with Gasteiger partial charge >= 0.3 is 0 Å². The van der Waals surface area contributed by atoms with Crippen LogP contribution in [0.4, 0.5) is 5.69 Å². The smallest absolute Gasteiger partial charge is 0.193 e. The first-order valence-electron chi connectivity index (χ1n) is 9.55. The summed E-state index contributed by atoms with van der Waals surface area (Å²) < 4.78 is 0. The summed E-state index contributed by atoms with van der Waals surface area (Å²) in [7, 11) is 0. The van der Waals surface area contributed by atoms with Crippen LogP contribution in [0.1, 0.15) is 42.9 Å². The van der Waals surface area contributed by atoms with Gasteiger partial charge in [-0.2, -0.15) is 0 Å². The monoisotopic (exact) mass is 350 g/mol. The minimum Gasteiger partial charge on any atom is -0.370 e.